The van der Waals surface area contributed by atoms with E-state index in [1.165, 1.54) is 11.0 Å². The molecule has 0 unspecified atom stereocenters. The number of nitrogens with one attached hydrogen (secondary N) is 1. The molecule has 36 heavy (non-hydrogen) atoms. The molecule has 0 saturated carbocycles. The summed E-state index contributed by atoms with van der Waals surface area (Å²) in [4.78, 5) is 37.5. The predicted molar refractivity (Wildman–Crippen MR) is 129 cm³/mol. The number of alkyl halides is 3. The summed E-state index contributed by atoms with van der Waals surface area (Å²) in [5, 5.41) is 2.52. The normalized spacial score (nSPS) is 15.6. The lowest BCUT2D eigenvalue weighted by molar-refractivity contribution is -0.136. The first-order valence-electron chi connectivity index (χ1n) is 12.4. The second-order valence-electron chi connectivity index (χ2n) is 9.62. The van der Waals surface area contributed by atoms with Gasteiger partial charge in [0.15, 0.2) is 0 Å². The summed E-state index contributed by atoms with van der Waals surface area (Å²) in [5.74, 6) is 0.220. The van der Waals surface area contributed by atoms with Gasteiger partial charge < -0.3 is 14.5 Å². The second kappa shape index (κ2) is 10.9. The predicted octanol–water partition coefficient (Wildman–Crippen LogP) is 5.60. The highest BCUT2D eigenvalue weighted by Gasteiger charge is 2.43. The Bertz CT molecular complexity index is 1190. The lowest BCUT2D eigenvalue weighted by Gasteiger charge is -2.19. The zero-order valence-electron chi connectivity index (χ0n) is 21.1. The molecule has 1 saturated heterocycles. The number of amides is 3. The fraction of sp³-hybridized carbons (Fsp3) is 0.577. The van der Waals surface area contributed by atoms with Crippen LogP contribution in [0.4, 0.5) is 18.0 Å². The average Bonchev–Trinajstić information content (AvgIpc) is 2.98. The fourth-order valence-corrected chi connectivity index (χ4v) is 4.50. The standard InChI is InChI=1S/C26H33F3N2O5/c1-5-10-16-14-18-19(26(27,28)29)15-20(32)36-22(18)17(11-6-2)21(16)35-13-9-7-8-12-31-23(33)25(3,4)30-24(31)34/h14-15H,5-13H2,1-4H3,(H,30,34). The fourth-order valence-electron chi connectivity index (χ4n) is 4.50. The maximum atomic E-state index is 13.7. The highest BCUT2D eigenvalue weighted by Crippen LogP contribution is 2.40. The summed E-state index contributed by atoms with van der Waals surface area (Å²) >= 11 is 0. The van der Waals surface area contributed by atoms with Crippen molar-refractivity contribution in [3.8, 4) is 5.75 Å². The maximum Gasteiger partial charge on any atom is 0.417 e. The second-order valence-corrected chi connectivity index (χ2v) is 9.62. The zero-order valence-corrected chi connectivity index (χ0v) is 21.1. The molecule has 1 aliphatic heterocycles. The molecule has 1 aromatic heterocycles. The topological polar surface area (TPSA) is 88.8 Å². The number of fused-ring (bicyclic) bond motifs is 1. The van der Waals surface area contributed by atoms with Crippen LogP contribution >= 0.6 is 0 Å². The Morgan fingerprint density at radius 1 is 1.03 bits per heavy atom. The maximum absolute atomic E-state index is 13.7. The van der Waals surface area contributed by atoms with E-state index in [1.807, 2.05) is 13.8 Å². The van der Waals surface area contributed by atoms with Crippen LogP contribution in [0.1, 0.15) is 76.5 Å². The van der Waals surface area contributed by atoms with Gasteiger partial charge in [-0.05, 0) is 57.6 Å². The largest absolute Gasteiger partial charge is 0.493 e. The SMILES string of the molecule is CCCc1cc2c(C(F)(F)F)cc(=O)oc2c(CCC)c1OCCCCCN1C(=O)NC(C)(C)C1=O. The van der Waals surface area contributed by atoms with Crippen molar-refractivity contribution in [1.29, 1.82) is 0 Å². The van der Waals surface area contributed by atoms with E-state index >= 15 is 0 Å². The van der Waals surface area contributed by atoms with Gasteiger partial charge in [0, 0.05) is 23.6 Å². The number of ether oxygens (including phenoxy) is 1. The van der Waals surface area contributed by atoms with Gasteiger partial charge in [-0.1, -0.05) is 26.7 Å². The van der Waals surface area contributed by atoms with Crippen LogP contribution in [0.2, 0.25) is 0 Å². The molecule has 0 spiro atoms. The van der Waals surface area contributed by atoms with Gasteiger partial charge in [-0.2, -0.15) is 13.2 Å². The van der Waals surface area contributed by atoms with E-state index in [0.29, 0.717) is 81.0 Å². The molecule has 2 heterocycles. The number of hydrogen-bond donors (Lipinski definition) is 1. The quantitative estimate of drug-likeness (QED) is 0.242. The molecule has 1 fully saturated rings. The van der Waals surface area contributed by atoms with E-state index in [-0.39, 0.29) is 16.9 Å². The number of carbonyl (C=O) groups is 2. The molecule has 1 N–H and O–H groups in total. The number of benzene rings is 1. The highest BCUT2D eigenvalue weighted by molar-refractivity contribution is 6.06. The van der Waals surface area contributed by atoms with Gasteiger partial charge in [-0.3, -0.25) is 9.69 Å². The van der Waals surface area contributed by atoms with E-state index in [2.05, 4.69) is 5.32 Å². The number of hydrogen-bond acceptors (Lipinski definition) is 5. The number of aryl methyl sites for hydroxylation is 2. The number of urea groups is 1. The van der Waals surface area contributed by atoms with Crippen LogP contribution < -0.4 is 15.7 Å². The average molecular weight is 511 g/mol. The summed E-state index contributed by atoms with van der Waals surface area (Å²) < 4.78 is 52.5. The van der Waals surface area contributed by atoms with Crippen LogP contribution in [-0.4, -0.2) is 35.5 Å². The van der Waals surface area contributed by atoms with Crippen molar-refractivity contribution < 1.29 is 31.9 Å². The van der Waals surface area contributed by atoms with Crippen LogP contribution in [0, 0.1) is 0 Å². The van der Waals surface area contributed by atoms with Gasteiger partial charge >= 0.3 is 17.8 Å². The Labute approximate surface area is 208 Å². The molecule has 3 rings (SSSR count). The van der Waals surface area contributed by atoms with Gasteiger partial charge in [0.25, 0.3) is 5.91 Å². The highest BCUT2D eigenvalue weighted by atomic mass is 19.4. The first-order valence-corrected chi connectivity index (χ1v) is 12.4. The molecule has 198 valence electrons. The van der Waals surface area contributed by atoms with Crippen LogP contribution in [0.5, 0.6) is 5.75 Å². The van der Waals surface area contributed by atoms with Crippen molar-refractivity contribution >= 4 is 22.9 Å². The number of nitrogens with zero attached hydrogens (tertiary/aromatic N) is 1. The molecule has 7 nitrogen and oxygen atoms in total. The third-order valence-electron chi connectivity index (χ3n) is 6.20. The van der Waals surface area contributed by atoms with Crippen molar-refractivity contribution in [2.24, 2.45) is 0 Å². The van der Waals surface area contributed by atoms with Crippen LogP contribution in [-0.2, 0) is 23.8 Å². The number of rotatable bonds is 11. The Morgan fingerprint density at radius 3 is 2.31 bits per heavy atom. The van der Waals surface area contributed by atoms with E-state index in [9.17, 15) is 27.6 Å². The monoisotopic (exact) mass is 510 g/mol. The van der Waals surface area contributed by atoms with Gasteiger partial charge in [0.2, 0.25) is 0 Å². The molecule has 0 radical (unpaired) electrons. The van der Waals surface area contributed by atoms with Crippen LogP contribution in [0.3, 0.4) is 0 Å². The number of carbonyl (C=O) groups excluding carboxylic acids is 2. The summed E-state index contributed by atoms with van der Waals surface area (Å²) in [6.07, 6.45) is -0.539. The molecule has 10 heteroatoms. The molecule has 0 atom stereocenters. The molecule has 2 aromatic rings. The van der Waals surface area contributed by atoms with Crippen molar-refractivity contribution in [1.82, 2.24) is 10.2 Å². The molecule has 1 aromatic carbocycles. The van der Waals surface area contributed by atoms with E-state index in [0.717, 1.165) is 0 Å². The van der Waals surface area contributed by atoms with Crippen molar-refractivity contribution in [3.05, 3.63) is 39.2 Å². The Hall–Kier alpha value is -3.04. The van der Waals surface area contributed by atoms with Gasteiger partial charge in [-0.25, -0.2) is 9.59 Å². The molecule has 1 aliphatic rings. The van der Waals surface area contributed by atoms with Gasteiger partial charge in [-0.15, -0.1) is 0 Å². The first-order chi connectivity index (χ1) is 16.9. The van der Waals surface area contributed by atoms with Crippen LogP contribution in [0.15, 0.2) is 21.3 Å². The number of imide groups is 1. The minimum Gasteiger partial charge on any atom is -0.493 e. The summed E-state index contributed by atoms with van der Waals surface area (Å²) in [5.41, 5.74) is -1.91. The van der Waals surface area contributed by atoms with Gasteiger partial charge in [0.1, 0.15) is 16.9 Å². The Kier molecular flexibility index (Phi) is 8.36. The first kappa shape index (κ1) is 27.5. The summed E-state index contributed by atoms with van der Waals surface area (Å²) in [6, 6.07) is 1.53. The van der Waals surface area contributed by atoms with Crippen molar-refractivity contribution in [2.45, 2.75) is 84.4 Å². The lowest BCUT2D eigenvalue weighted by atomic mass is 9.96. The minimum absolute atomic E-state index is 0.0762. The van der Waals surface area contributed by atoms with E-state index in [4.69, 9.17) is 9.15 Å². The molecule has 0 aliphatic carbocycles. The molecule has 3 amide bonds. The third kappa shape index (κ3) is 5.84. The Balaban J connectivity index is 1.78. The minimum atomic E-state index is -4.69. The summed E-state index contributed by atoms with van der Waals surface area (Å²) in [6.45, 7) is 7.74. The van der Waals surface area contributed by atoms with Gasteiger partial charge in [0.05, 0.1) is 12.2 Å². The smallest absolute Gasteiger partial charge is 0.417 e. The van der Waals surface area contributed by atoms with E-state index < -0.39 is 28.9 Å². The van der Waals surface area contributed by atoms with E-state index in [1.54, 1.807) is 13.8 Å². The number of halogens is 3. The zero-order chi connectivity index (χ0) is 26.7. The Morgan fingerprint density at radius 2 is 1.72 bits per heavy atom. The summed E-state index contributed by atoms with van der Waals surface area (Å²) in [7, 11) is 0. The van der Waals surface area contributed by atoms with Crippen LogP contribution in [0.25, 0.3) is 11.0 Å². The van der Waals surface area contributed by atoms with Crippen molar-refractivity contribution in [2.75, 3.05) is 13.2 Å². The van der Waals surface area contributed by atoms with Crippen molar-refractivity contribution in [3.63, 3.8) is 0 Å². The number of unbranched alkanes of at least 4 members (excludes halogenated alkanes) is 2. The molecular weight excluding hydrogens is 477 g/mol. The lowest BCUT2D eigenvalue weighted by Crippen LogP contribution is -2.40. The molecule has 0 bridgehead atoms. The third-order valence-corrected chi connectivity index (χ3v) is 6.20. The molecular formula is C26H33F3N2O5.